The number of hydrogen-bond acceptors (Lipinski definition) is 5. The van der Waals surface area contributed by atoms with Gasteiger partial charge in [-0.1, -0.05) is 18.7 Å². The molecule has 0 aliphatic rings. The van der Waals surface area contributed by atoms with Crippen molar-refractivity contribution in [1.29, 1.82) is 0 Å². The van der Waals surface area contributed by atoms with Gasteiger partial charge >= 0.3 is 0 Å². The molecule has 110 valence electrons. The van der Waals surface area contributed by atoms with E-state index in [1.54, 1.807) is 25.8 Å². The number of ether oxygens (including phenoxy) is 1. The van der Waals surface area contributed by atoms with Crippen molar-refractivity contribution >= 4 is 22.8 Å². The number of H-pyrrole nitrogens is 1. The Morgan fingerprint density at radius 1 is 1.55 bits per heavy atom. The predicted octanol–water partition coefficient (Wildman–Crippen LogP) is 2.15. The molecule has 0 aliphatic carbocycles. The molecule has 2 aromatic rings. The van der Waals surface area contributed by atoms with E-state index >= 15 is 0 Å². The summed E-state index contributed by atoms with van der Waals surface area (Å²) in [5, 5.41) is 11.1. The fraction of sp³-hybridized carbons (Fsp3) is 0.500. The minimum atomic E-state index is -0.832. The van der Waals surface area contributed by atoms with Crippen LogP contribution >= 0.6 is 11.8 Å². The number of rotatable bonds is 6. The van der Waals surface area contributed by atoms with E-state index < -0.39 is 5.60 Å². The molecule has 2 rings (SSSR count). The number of aliphatic hydroxyl groups is 1. The highest BCUT2D eigenvalue weighted by Gasteiger charge is 2.22. The number of benzene rings is 1. The molecule has 0 saturated heterocycles. The molecule has 2 atom stereocenters. The lowest BCUT2D eigenvalue weighted by atomic mass is 10.0. The first-order chi connectivity index (χ1) is 9.43. The molecule has 0 radical (unpaired) electrons. The first-order valence-corrected chi connectivity index (χ1v) is 7.44. The van der Waals surface area contributed by atoms with Crippen molar-refractivity contribution in [2.75, 3.05) is 13.7 Å². The van der Waals surface area contributed by atoms with E-state index in [0.717, 1.165) is 21.9 Å². The van der Waals surface area contributed by atoms with E-state index in [9.17, 15) is 5.11 Å². The average Bonchev–Trinajstić information content (AvgIpc) is 2.78. The van der Waals surface area contributed by atoms with Crippen molar-refractivity contribution in [1.82, 2.24) is 9.97 Å². The van der Waals surface area contributed by atoms with Crippen LogP contribution < -0.4 is 10.5 Å². The lowest BCUT2D eigenvalue weighted by Crippen LogP contribution is -2.36. The molecule has 0 aliphatic heterocycles. The van der Waals surface area contributed by atoms with Crippen molar-refractivity contribution in [3.05, 3.63) is 18.2 Å². The summed E-state index contributed by atoms with van der Waals surface area (Å²) < 4.78 is 5.19. The van der Waals surface area contributed by atoms with Crippen molar-refractivity contribution in [2.45, 2.75) is 36.3 Å². The summed E-state index contributed by atoms with van der Waals surface area (Å²) >= 11 is 1.60. The lowest BCUT2D eigenvalue weighted by molar-refractivity contribution is 0.0608. The molecule has 1 heterocycles. The quantitative estimate of drug-likeness (QED) is 0.711. The number of fused-ring (bicyclic) bond motifs is 1. The van der Waals surface area contributed by atoms with Crippen molar-refractivity contribution in [3.8, 4) is 5.75 Å². The maximum Gasteiger partial charge on any atom is 0.166 e. The summed E-state index contributed by atoms with van der Waals surface area (Å²) in [6.07, 6.45) is 0.620. The summed E-state index contributed by atoms with van der Waals surface area (Å²) in [6.45, 7) is 4.07. The smallest absolute Gasteiger partial charge is 0.166 e. The Morgan fingerprint density at radius 3 is 2.95 bits per heavy atom. The van der Waals surface area contributed by atoms with Crippen molar-refractivity contribution in [3.63, 3.8) is 0 Å². The number of hydrogen-bond donors (Lipinski definition) is 3. The van der Waals surface area contributed by atoms with Crippen LogP contribution in [-0.4, -0.2) is 39.6 Å². The van der Waals surface area contributed by atoms with E-state index in [-0.39, 0.29) is 11.8 Å². The maximum absolute atomic E-state index is 9.99. The van der Waals surface area contributed by atoms with Gasteiger partial charge in [-0.3, -0.25) is 0 Å². The molecule has 1 aromatic carbocycles. The van der Waals surface area contributed by atoms with Gasteiger partial charge in [0.1, 0.15) is 5.75 Å². The second kappa shape index (κ2) is 6.03. The second-order valence-electron chi connectivity index (χ2n) is 5.26. The van der Waals surface area contributed by atoms with Gasteiger partial charge in [-0.15, -0.1) is 0 Å². The minimum Gasteiger partial charge on any atom is -0.497 e. The van der Waals surface area contributed by atoms with Crippen LogP contribution in [0.1, 0.15) is 20.3 Å². The summed E-state index contributed by atoms with van der Waals surface area (Å²) in [5.74, 6) is 0.803. The highest BCUT2D eigenvalue weighted by molar-refractivity contribution is 7.99. The molecule has 0 fully saturated rings. The number of imidazole rings is 1. The molecule has 1 aromatic heterocycles. The fourth-order valence-electron chi connectivity index (χ4n) is 2.08. The van der Waals surface area contributed by atoms with E-state index in [1.165, 1.54) is 0 Å². The second-order valence-corrected chi connectivity index (χ2v) is 6.69. The standard InChI is InChI=1S/C14H21N3O2S/c1-9(7-14(2,18)8-15)20-13-16-11-5-4-10(19-3)6-12(11)17-13/h4-6,9,18H,7-8,15H2,1-3H3,(H,16,17). The molecule has 0 bridgehead atoms. The van der Waals surface area contributed by atoms with Crippen LogP contribution in [0.25, 0.3) is 11.0 Å². The summed E-state index contributed by atoms with van der Waals surface area (Å²) in [6, 6.07) is 5.74. The molecular formula is C14H21N3O2S. The Labute approximate surface area is 122 Å². The van der Waals surface area contributed by atoms with Crippen LogP contribution in [0, 0.1) is 0 Å². The Hall–Kier alpha value is -1.24. The zero-order chi connectivity index (χ0) is 14.8. The van der Waals surface area contributed by atoms with Crippen LogP contribution in [0.3, 0.4) is 0 Å². The summed E-state index contributed by atoms with van der Waals surface area (Å²) in [4.78, 5) is 7.79. The number of methoxy groups -OCH3 is 1. The lowest BCUT2D eigenvalue weighted by Gasteiger charge is -2.24. The van der Waals surface area contributed by atoms with Gasteiger partial charge in [0.2, 0.25) is 0 Å². The number of nitrogens with two attached hydrogens (primary N) is 1. The molecule has 0 spiro atoms. The minimum absolute atomic E-state index is 0.219. The van der Waals surface area contributed by atoms with Gasteiger partial charge in [0.05, 0.1) is 23.7 Å². The van der Waals surface area contributed by atoms with Crippen LogP contribution in [0.5, 0.6) is 5.75 Å². The van der Waals surface area contributed by atoms with Gasteiger partial charge in [0, 0.05) is 17.9 Å². The monoisotopic (exact) mass is 295 g/mol. The number of nitrogens with one attached hydrogen (secondary N) is 1. The molecular weight excluding hydrogens is 274 g/mol. The molecule has 0 amide bonds. The largest absolute Gasteiger partial charge is 0.497 e. The Bertz CT molecular complexity index is 583. The normalized spacial score (nSPS) is 16.1. The van der Waals surface area contributed by atoms with E-state index in [1.807, 2.05) is 18.2 Å². The van der Waals surface area contributed by atoms with Crippen LogP contribution in [0.4, 0.5) is 0 Å². The van der Waals surface area contributed by atoms with Crippen LogP contribution in [-0.2, 0) is 0 Å². The molecule has 5 nitrogen and oxygen atoms in total. The SMILES string of the molecule is COc1ccc2nc(SC(C)CC(C)(O)CN)[nH]c2c1. The summed E-state index contributed by atoms with van der Waals surface area (Å²) in [7, 11) is 1.64. The van der Waals surface area contributed by atoms with Gasteiger partial charge in [0.15, 0.2) is 5.16 Å². The third-order valence-corrected chi connectivity index (χ3v) is 4.13. The van der Waals surface area contributed by atoms with Crippen molar-refractivity contribution in [2.24, 2.45) is 5.73 Å². The van der Waals surface area contributed by atoms with E-state index in [2.05, 4.69) is 16.9 Å². The first kappa shape index (κ1) is 15.2. The molecule has 2 unspecified atom stereocenters. The third-order valence-electron chi connectivity index (χ3n) is 3.15. The van der Waals surface area contributed by atoms with Gasteiger partial charge in [-0.2, -0.15) is 0 Å². The first-order valence-electron chi connectivity index (χ1n) is 6.56. The van der Waals surface area contributed by atoms with E-state index in [4.69, 9.17) is 10.5 Å². The van der Waals surface area contributed by atoms with Gasteiger partial charge < -0.3 is 20.6 Å². The molecule has 20 heavy (non-hydrogen) atoms. The fourth-order valence-corrected chi connectivity index (χ4v) is 3.23. The third kappa shape index (κ3) is 3.65. The van der Waals surface area contributed by atoms with Gasteiger partial charge in [-0.05, 0) is 25.5 Å². The average molecular weight is 295 g/mol. The number of thioether (sulfide) groups is 1. The number of aromatic nitrogens is 2. The highest BCUT2D eigenvalue weighted by atomic mass is 32.2. The number of nitrogens with zero attached hydrogens (tertiary/aromatic N) is 1. The van der Waals surface area contributed by atoms with Crippen LogP contribution in [0.2, 0.25) is 0 Å². The predicted molar refractivity (Wildman–Crippen MR) is 82.3 cm³/mol. The zero-order valence-corrected chi connectivity index (χ0v) is 12.8. The maximum atomic E-state index is 9.99. The topological polar surface area (TPSA) is 84.2 Å². The Morgan fingerprint density at radius 2 is 2.30 bits per heavy atom. The molecule has 6 heteroatoms. The molecule has 0 saturated carbocycles. The van der Waals surface area contributed by atoms with Gasteiger partial charge in [0.25, 0.3) is 0 Å². The zero-order valence-electron chi connectivity index (χ0n) is 12.0. The summed E-state index contributed by atoms with van der Waals surface area (Å²) in [5.41, 5.74) is 6.57. The Kier molecular flexibility index (Phi) is 4.57. The van der Waals surface area contributed by atoms with E-state index in [0.29, 0.717) is 6.42 Å². The molecule has 4 N–H and O–H groups in total. The van der Waals surface area contributed by atoms with Crippen molar-refractivity contribution < 1.29 is 9.84 Å². The highest BCUT2D eigenvalue weighted by Crippen LogP contribution is 2.29. The Balaban J connectivity index is 2.10. The van der Waals surface area contributed by atoms with Gasteiger partial charge in [-0.25, -0.2) is 4.98 Å². The van der Waals surface area contributed by atoms with Crippen LogP contribution in [0.15, 0.2) is 23.4 Å². The number of aromatic amines is 1.